The van der Waals surface area contributed by atoms with Crippen LogP contribution in [0.5, 0.6) is 0 Å². The van der Waals surface area contributed by atoms with Gasteiger partial charge in [0.05, 0.1) is 11.4 Å². The summed E-state index contributed by atoms with van der Waals surface area (Å²) in [6, 6.07) is 12.1. The van der Waals surface area contributed by atoms with Crippen LogP contribution >= 0.6 is 0 Å². The summed E-state index contributed by atoms with van der Waals surface area (Å²) in [5, 5.41) is 7.00. The minimum atomic E-state index is -4.94. The first kappa shape index (κ1) is 35.6. The molecule has 0 aliphatic carbocycles. The molecule has 15 heteroatoms. The fourth-order valence-electron chi connectivity index (χ4n) is 1.90. The number of halogens is 2. The van der Waals surface area contributed by atoms with Crippen molar-refractivity contribution in [1.82, 2.24) is 14.9 Å². The van der Waals surface area contributed by atoms with E-state index in [-0.39, 0.29) is 22.6 Å². The van der Waals surface area contributed by atoms with Crippen molar-refractivity contribution < 1.29 is 79.9 Å². The van der Waals surface area contributed by atoms with Crippen LogP contribution in [0.25, 0.3) is 0 Å². The molecule has 0 unspecified atom stereocenters. The third-order valence-corrected chi connectivity index (χ3v) is 3.11. The van der Waals surface area contributed by atoms with Crippen LogP contribution in [-0.4, -0.2) is 32.6 Å². The third-order valence-electron chi connectivity index (χ3n) is 3.11. The van der Waals surface area contributed by atoms with Crippen LogP contribution in [0.4, 0.5) is 0 Å². The molecule has 0 saturated heterocycles. The molecule has 0 aromatic carbocycles. The number of pyridine rings is 2. The fourth-order valence-corrected chi connectivity index (χ4v) is 1.90. The SMILES string of the molecule is CC(C)(C)N(Cc1ccccn1)Cc1ccccn1.CO.[Cu+2].[O-][Cl+3]([O-])([O-])[O-].[O-][Cl+3]([O-])([O-])[O-]. The Kier molecular flexibility index (Phi) is 19.4. The standard InChI is InChI=1S/C16H21N3.CH4O.2ClHO4.Cu/c1-16(2,3)19(12-14-8-4-6-10-17-14)13-15-9-5-7-11-18-15;1-2;2*2-1(3,4)5;/h4-11H,12-13H2,1-3H3;2H,1H3;2*(H,2,3,4,5);/q;;;;+2/p-2. The van der Waals surface area contributed by atoms with Crippen molar-refractivity contribution in [2.24, 2.45) is 0 Å². The maximum Gasteiger partial charge on any atom is 2.00 e. The molecule has 0 aliphatic heterocycles. The molecule has 0 spiro atoms. The topological polar surface area (TPSA) is 234 Å². The number of hydrogen-bond donors (Lipinski definition) is 1. The second kappa shape index (κ2) is 17.5. The molecule has 1 radical (unpaired) electrons. The predicted octanol–water partition coefficient (Wildman–Crippen LogP) is -6.63. The summed E-state index contributed by atoms with van der Waals surface area (Å²) in [6.07, 6.45) is 3.69. The van der Waals surface area contributed by atoms with Crippen molar-refractivity contribution in [3.05, 3.63) is 60.2 Å². The third kappa shape index (κ3) is 27.0. The molecule has 32 heavy (non-hydrogen) atoms. The van der Waals surface area contributed by atoms with E-state index in [1.54, 1.807) is 0 Å². The van der Waals surface area contributed by atoms with Gasteiger partial charge in [-0.25, -0.2) is 37.3 Å². The molecule has 187 valence electrons. The molecule has 0 atom stereocenters. The summed E-state index contributed by atoms with van der Waals surface area (Å²) in [7, 11) is -8.89. The zero-order valence-electron chi connectivity index (χ0n) is 17.6. The van der Waals surface area contributed by atoms with Crippen LogP contribution in [0.2, 0.25) is 0 Å². The number of rotatable bonds is 4. The molecular weight excluding hydrogens is 525 g/mol. The minimum Gasteiger partial charge on any atom is -0.400 e. The normalized spacial score (nSPS) is 10.9. The maximum atomic E-state index is 8.49. The van der Waals surface area contributed by atoms with E-state index in [1.165, 1.54) is 0 Å². The molecule has 2 heterocycles. The van der Waals surface area contributed by atoms with Gasteiger partial charge < -0.3 is 5.11 Å². The van der Waals surface area contributed by atoms with Gasteiger partial charge in [0.1, 0.15) is 0 Å². The van der Waals surface area contributed by atoms with E-state index < -0.39 is 20.5 Å². The number of aliphatic hydroxyl groups is 1. The Morgan fingerprint density at radius 2 is 1.00 bits per heavy atom. The Labute approximate surface area is 201 Å². The van der Waals surface area contributed by atoms with Gasteiger partial charge in [-0.3, -0.25) is 14.9 Å². The zero-order chi connectivity index (χ0) is 24.7. The average molecular weight is 550 g/mol. The Bertz CT molecular complexity index is 620. The molecule has 1 N–H and O–H groups in total. The van der Waals surface area contributed by atoms with Gasteiger partial charge in [0, 0.05) is 38.1 Å². The average Bonchev–Trinajstić information content (AvgIpc) is 2.61. The zero-order valence-corrected chi connectivity index (χ0v) is 20.1. The number of aromatic nitrogens is 2. The van der Waals surface area contributed by atoms with E-state index in [0.717, 1.165) is 31.6 Å². The van der Waals surface area contributed by atoms with E-state index in [9.17, 15) is 0 Å². The van der Waals surface area contributed by atoms with Gasteiger partial charge in [-0.05, 0) is 45.0 Å². The van der Waals surface area contributed by atoms with Gasteiger partial charge in [0.15, 0.2) is 0 Å². The van der Waals surface area contributed by atoms with Crippen LogP contribution in [-0.2, 0) is 30.2 Å². The first-order valence-electron chi connectivity index (χ1n) is 8.29. The molecular formula is C17H25Cl2CuN3O9. The van der Waals surface area contributed by atoms with Crippen molar-refractivity contribution >= 4 is 0 Å². The van der Waals surface area contributed by atoms with E-state index in [0.29, 0.717) is 0 Å². The summed E-state index contributed by atoms with van der Waals surface area (Å²) in [5.41, 5.74) is 2.26. The molecule has 0 saturated carbocycles. The Hall–Kier alpha value is -1.00. The fraction of sp³-hybridized carbons (Fsp3) is 0.412. The number of aliphatic hydroxyl groups excluding tert-OH is 1. The van der Waals surface area contributed by atoms with E-state index in [4.69, 9.17) is 42.4 Å². The van der Waals surface area contributed by atoms with Crippen LogP contribution in [0.1, 0.15) is 32.2 Å². The number of hydrogen-bond acceptors (Lipinski definition) is 12. The largest absolute Gasteiger partial charge is 2.00 e. The summed E-state index contributed by atoms with van der Waals surface area (Å²) in [4.78, 5) is 11.2. The smallest absolute Gasteiger partial charge is 0.400 e. The molecule has 0 amide bonds. The summed E-state index contributed by atoms with van der Waals surface area (Å²) in [6.45, 7) is 8.33. The van der Waals surface area contributed by atoms with Crippen molar-refractivity contribution in [2.75, 3.05) is 7.11 Å². The predicted molar refractivity (Wildman–Crippen MR) is 85.6 cm³/mol. The maximum absolute atomic E-state index is 8.49. The number of nitrogens with zero attached hydrogens (tertiary/aromatic N) is 3. The van der Waals surface area contributed by atoms with E-state index >= 15 is 0 Å². The van der Waals surface area contributed by atoms with Gasteiger partial charge >= 0.3 is 17.1 Å². The summed E-state index contributed by atoms with van der Waals surface area (Å²) < 4.78 is 67.9. The summed E-state index contributed by atoms with van der Waals surface area (Å²) >= 11 is 0. The molecule has 2 rings (SSSR count). The van der Waals surface area contributed by atoms with Gasteiger partial charge in [-0.2, -0.15) is 0 Å². The van der Waals surface area contributed by atoms with Gasteiger partial charge in [0.25, 0.3) is 0 Å². The quantitative estimate of drug-likeness (QED) is 0.350. The Balaban J connectivity index is -0.000000542. The van der Waals surface area contributed by atoms with Gasteiger partial charge in [0.2, 0.25) is 0 Å². The molecule has 0 fully saturated rings. The molecule has 0 bridgehead atoms. The summed E-state index contributed by atoms with van der Waals surface area (Å²) in [5.74, 6) is 0. The molecule has 12 nitrogen and oxygen atoms in total. The second-order valence-corrected chi connectivity index (χ2v) is 7.94. The minimum absolute atomic E-state index is 0. The first-order valence-corrected chi connectivity index (χ1v) is 10.8. The molecule has 2 aromatic rings. The monoisotopic (exact) mass is 548 g/mol. The van der Waals surface area contributed by atoms with Crippen LogP contribution in [0.3, 0.4) is 0 Å². The van der Waals surface area contributed by atoms with Gasteiger partial charge in [-0.1, -0.05) is 12.1 Å². The second-order valence-electron chi connectivity index (χ2n) is 6.42. The van der Waals surface area contributed by atoms with Crippen LogP contribution in [0.15, 0.2) is 48.8 Å². The Morgan fingerprint density at radius 3 is 1.19 bits per heavy atom. The Morgan fingerprint density at radius 1 is 0.719 bits per heavy atom. The van der Waals surface area contributed by atoms with Crippen molar-refractivity contribution in [3.8, 4) is 0 Å². The molecule has 2 aromatic heterocycles. The van der Waals surface area contributed by atoms with E-state index in [2.05, 4.69) is 47.8 Å². The van der Waals surface area contributed by atoms with Crippen LogP contribution in [0, 0.1) is 20.5 Å². The first-order chi connectivity index (χ1) is 14.1. The van der Waals surface area contributed by atoms with Crippen molar-refractivity contribution in [3.63, 3.8) is 0 Å². The van der Waals surface area contributed by atoms with Crippen LogP contribution < -0.4 is 37.3 Å². The van der Waals surface area contributed by atoms with Crippen molar-refractivity contribution in [2.45, 2.75) is 39.4 Å². The molecule has 0 aliphatic rings. The van der Waals surface area contributed by atoms with E-state index in [1.807, 2.05) is 36.7 Å². The van der Waals surface area contributed by atoms with Gasteiger partial charge in [-0.15, -0.1) is 20.5 Å². The van der Waals surface area contributed by atoms with Crippen molar-refractivity contribution in [1.29, 1.82) is 0 Å².